The van der Waals surface area contributed by atoms with Crippen molar-refractivity contribution >= 4 is 11.4 Å². The van der Waals surface area contributed by atoms with Gasteiger partial charge in [0.25, 0.3) is 5.92 Å². The fourth-order valence-electron chi connectivity index (χ4n) is 3.10. The molecule has 0 spiro atoms. The number of alkyl halides is 2. The summed E-state index contributed by atoms with van der Waals surface area (Å²) in [6.45, 7) is 1.23. The SMILES string of the molecule is Nc1ccc(N2CC3CCC(F)(F)C3C2)cc1. The van der Waals surface area contributed by atoms with Crippen LogP contribution in [0.5, 0.6) is 0 Å². The quantitative estimate of drug-likeness (QED) is 0.762. The second-order valence-corrected chi connectivity index (χ2v) is 5.16. The summed E-state index contributed by atoms with van der Waals surface area (Å²) in [7, 11) is 0. The van der Waals surface area contributed by atoms with Crippen molar-refractivity contribution < 1.29 is 8.78 Å². The number of fused-ring (bicyclic) bond motifs is 1. The van der Waals surface area contributed by atoms with Crippen molar-refractivity contribution in [2.75, 3.05) is 23.7 Å². The van der Waals surface area contributed by atoms with Crippen molar-refractivity contribution in [3.63, 3.8) is 0 Å². The van der Waals surface area contributed by atoms with Crippen molar-refractivity contribution in [1.82, 2.24) is 0 Å². The molecule has 1 aromatic carbocycles. The first kappa shape index (κ1) is 10.8. The molecule has 92 valence electrons. The third-order valence-electron chi connectivity index (χ3n) is 4.09. The van der Waals surface area contributed by atoms with E-state index in [0.717, 1.165) is 12.2 Å². The van der Waals surface area contributed by atoms with Gasteiger partial charge in [0.15, 0.2) is 0 Å². The number of nitrogens with zero attached hydrogens (tertiary/aromatic N) is 1. The third kappa shape index (κ3) is 1.75. The first-order valence-electron chi connectivity index (χ1n) is 6.04. The minimum Gasteiger partial charge on any atom is -0.399 e. The zero-order valence-corrected chi connectivity index (χ0v) is 9.57. The topological polar surface area (TPSA) is 29.3 Å². The van der Waals surface area contributed by atoms with E-state index in [1.807, 2.05) is 24.3 Å². The first-order chi connectivity index (χ1) is 8.06. The summed E-state index contributed by atoms with van der Waals surface area (Å²) in [4.78, 5) is 2.06. The molecule has 3 rings (SSSR count). The highest BCUT2D eigenvalue weighted by molar-refractivity contribution is 5.54. The molecule has 4 heteroatoms. The van der Waals surface area contributed by atoms with E-state index in [0.29, 0.717) is 18.7 Å². The van der Waals surface area contributed by atoms with Crippen molar-refractivity contribution in [3.05, 3.63) is 24.3 Å². The lowest BCUT2D eigenvalue weighted by atomic mass is 9.99. The summed E-state index contributed by atoms with van der Waals surface area (Å²) in [5, 5.41) is 0. The summed E-state index contributed by atoms with van der Waals surface area (Å²) >= 11 is 0. The van der Waals surface area contributed by atoms with Gasteiger partial charge < -0.3 is 10.6 Å². The van der Waals surface area contributed by atoms with Crippen molar-refractivity contribution in [2.45, 2.75) is 18.8 Å². The number of anilines is 2. The van der Waals surface area contributed by atoms with Crippen LogP contribution in [0.2, 0.25) is 0 Å². The van der Waals surface area contributed by atoms with Crippen LogP contribution in [0.4, 0.5) is 20.2 Å². The standard InChI is InChI=1S/C13H16F2N2/c14-13(15)6-5-9-7-17(8-12(9)13)11-3-1-10(16)2-4-11/h1-4,9,12H,5-8,16H2. The third-order valence-corrected chi connectivity index (χ3v) is 4.09. The van der Waals surface area contributed by atoms with Gasteiger partial charge in [0.2, 0.25) is 0 Å². The van der Waals surface area contributed by atoms with E-state index < -0.39 is 11.8 Å². The molecule has 1 saturated heterocycles. The number of rotatable bonds is 1. The van der Waals surface area contributed by atoms with Crippen LogP contribution in [0, 0.1) is 11.8 Å². The van der Waals surface area contributed by atoms with Gasteiger partial charge in [-0.3, -0.25) is 0 Å². The Bertz CT molecular complexity index is 416. The maximum Gasteiger partial charge on any atom is 0.252 e. The average Bonchev–Trinajstić information content (AvgIpc) is 2.82. The molecule has 0 radical (unpaired) electrons. The average molecular weight is 238 g/mol. The fraction of sp³-hybridized carbons (Fsp3) is 0.538. The van der Waals surface area contributed by atoms with Crippen LogP contribution in [-0.4, -0.2) is 19.0 Å². The Kier molecular flexibility index (Phi) is 2.28. The van der Waals surface area contributed by atoms with Crippen LogP contribution < -0.4 is 10.6 Å². The van der Waals surface area contributed by atoms with E-state index in [-0.39, 0.29) is 12.3 Å². The van der Waals surface area contributed by atoms with Crippen LogP contribution in [-0.2, 0) is 0 Å². The molecule has 1 aliphatic carbocycles. The van der Waals surface area contributed by atoms with Gasteiger partial charge in [0.05, 0.1) is 0 Å². The van der Waals surface area contributed by atoms with Gasteiger partial charge in [0.1, 0.15) is 0 Å². The van der Waals surface area contributed by atoms with Gasteiger partial charge >= 0.3 is 0 Å². The number of hydrogen-bond donors (Lipinski definition) is 1. The molecule has 17 heavy (non-hydrogen) atoms. The van der Waals surface area contributed by atoms with E-state index in [9.17, 15) is 8.78 Å². The van der Waals surface area contributed by atoms with Gasteiger partial charge in [-0.15, -0.1) is 0 Å². The zero-order valence-electron chi connectivity index (χ0n) is 9.57. The second-order valence-electron chi connectivity index (χ2n) is 5.16. The smallest absolute Gasteiger partial charge is 0.252 e. The number of hydrogen-bond acceptors (Lipinski definition) is 2. The lowest BCUT2D eigenvalue weighted by Gasteiger charge is -2.22. The van der Waals surface area contributed by atoms with E-state index >= 15 is 0 Å². The van der Waals surface area contributed by atoms with E-state index in [4.69, 9.17) is 5.73 Å². The summed E-state index contributed by atoms with van der Waals surface area (Å²) in [6.07, 6.45) is 0.723. The molecule has 2 unspecified atom stereocenters. The molecule has 1 aromatic rings. The lowest BCUT2D eigenvalue weighted by Crippen LogP contribution is -2.28. The predicted octanol–water partition coefficient (Wildman–Crippen LogP) is 2.75. The Balaban J connectivity index is 1.79. The van der Waals surface area contributed by atoms with Gasteiger partial charge in [-0.25, -0.2) is 8.78 Å². The highest BCUT2D eigenvalue weighted by Gasteiger charge is 2.53. The van der Waals surface area contributed by atoms with E-state index in [2.05, 4.69) is 4.90 Å². The largest absolute Gasteiger partial charge is 0.399 e. The minimum atomic E-state index is -2.47. The molecule has 0 amide bonds. The highest BCUT2D eigenvalue weighted by Crippen LogP contribution is 2.48. The lowest BCUT2D eigenvalue weighted by molar-refractivity contribution is -0.0351. The van der Waals surface area contributed by atoms with Gasteiger partial charge in [-0.2, -0.15) is 0 Å². The number of nitrogens with two attached hydrogens (primary N) is 1. The number of halogens is 2. The Morgan fingerprint density at radius 1 is 1.18 bits per heavy atom. The summed E-state index contributed by atoms with van der Waals surface area (Å²) < 4.78 is 27.2. The summed E-state index contributed by atoms with van der Waals surface area (Å²) in [6, 6.07) is 7.46. The van der Waals surface area contributed by atoms with Crippen LogP contribution in [0.25, 0.3) is 0 Å². The molecule has 2 atom stereocenters. The van der Waals surface area contributed by atoms with Crippen molar-refractivity contribution in [2.24, 2.45) is 11.8 Å². The second kappa shape index (κ2) is 3.59. The number of nitrogen functional groups attached to an aromatic ring is 1. The molecule has 0 aromatic heterocycles. The van der Waals surface area contributed by atoms with Crippen LogP contribution in [0.3, 0.4) is 0 Å². The van der Waals surface area contributed by atoms with E-state index in [1.165, 1.54) is 0 Å². The van der Waals surface area contributed by atoms with Crippen molar-refractivity contribution in [1.29, 1.82) is 0 Å². The summed E-state index contributed by atoms with van der Waals surface area (Å²) in [5.41, 5.74) is 7.33. The Morgan fingerprint density at radius 2 is 1.88 bits per heavy atom. The van der Waals surface area contributed by atoms with Crippen LogP contribution >= 0.6 is 0 Å². The van der Waals surface area contributed by atoms with E-state index in [1.54, 1.807) is 0 Å². The monoisotopic (exact) mass is 238 g/mol. The van der Waals surface area contributed by atoms with Crippen LogP contribution in [0.15, 0.2) is 24.3 Å². The Hall–Kier alpha value is -1.32. The normalized spacial score (nSPS) is 30.6. The molecule has 2 nitrogen and oxygen atoms in total. The van der Waals surface area contributed by atoms with Gasteiger partial charge in [0, 0.05) is 36.8 Å². The molecule has 2 N–H and O–H groups in total. The minimum absolute atomic E-state index is 0.0674. The molecule has 1 heterocycles. The first-order valence-corrected chi connectivity index (χ1v) is 6.04. The molecular weight excluding hydrogens is 222 g/mol. The molecule has 1 aliphatic heterocycles. The maximum absolute atomic E-state index is 13.6. The molecular formula is C13H16F2N2. The maximum atomic E-state index is 13.6. The van der Waals surface area contributed by atoms with Gasteiger partial charge in [-0.1, -0.05) is 0 Å². The molecule has 1 saturated carbocycles. The Morgan fingerprint density at radius 3 is 2.53 bits per heavy atom. The number of benzene rings is 1. The Labute approximate surface area is 99.4 Å². The molecule has 2 fully saturated rings. The highest BCUT2D eigenvalue weighted by atomic mass is 19.3. The van der Waals surface area contributed by atoms with Gasteiger partial charge in [-0.05, 0) is 36.6 Å². The zero-order chi connectivity index (χ0) is 12.0. The van der Waals surface area contributed by atoms with Crippen LogP contribution in [0.1, 0.15) is 12.8 Å². The molecule has 2 aliphatic rings. The fourth-order valence-corrected chi connectivity index (χ4v) is 3.10. The van der Waals surface area contributed by atoms with Crippen molar-refractivity contribution in [3.8, 4) is 0 Å². The predicted molar refractivity (Wildman–Crippen MR) is 64.2 cm³/mol. The molecule has 0 bridgehead atoms. The summed E-state index contributed by atoms with van der Waals surface area (Å²) in [5.74, 6) is -2.77.